The largest absolute Gasteiger partial charge is 0.372 e. The Morgan fingerprint density at radius 1 is 1.17 bits per heavy atom. The number of hydrogen-bond acceptors (Lipinski definition) is 3. The summed E-state index contributed by atoms with van der Waals surface area (Å²) in [6.45, 7) is 4.13. The van der Waals surface area contributed by atoms with Crippen LogP contribution in [0.25, 0.3) is 0 Å². The monoisotopic (exact) mass is 329 g/mol. The summed E-state index contributed by atoms with van der Waals surface area (Å²) in [5, 5.41) is 3.10. The summed E-state index contributed by atoms with van der Waals surface area (Å²) in [5.74, 6) is 0.181. The molecular weight excluding hydrogens is 298 g/mol. The highest BCUT2D eigenvalue weighted by molar-refractivity contribution is 5.75. The maximum absolute atomic E-state index is 12.2. The Bertz CT molecular complexity index is 539. The van der Waals surface area contributed by atoms with E-state index in [1.165, 1.54) is 49.9 Å². The minimum absolute atomic E-state index is 0.181. The molecule has 2 aliphatic heterocycles. The van der Waals surface area contributed by atoms with Crippen LogP contribution in [0.1, 0.15) is 50.5 Å². The lowest BCUT2D eigenvalue weighted by Gasteiger charge is -2.32. The summed E-state index contributed by atoms with van der Waals surface area (Å²) in [6, 6.07) is 9.19. The molecule has 3 rings (SSSR count). The fraction of sp³-hybridized carbons (Fsp3) is 0.650. The molecular formula is C20H31N3O. The average molecular weight is 329 g/mol. The van der Waals surface area contributed by atoms with Crippen LogP contribution < -0.4 is 10.2 Å². The van der Waals surface area contributed by atoms with Gasteiger partial charge in [-0.05, 0) is 63.4 Å². The molecule has 0 bridgehead atoms. The van der Waals surface area contributed by atoms with Crippen LogP contribution in [0.3, 0.4) is 0 Å². The minimum Gasteiger partial charge on any atom is -0.372 e. The van der Waals surface area contributed by atoms with Gasteiger partial charge in [0, 0.05) is 37.8 Å². The molecule has 0 spiro atoms. The zero-order valence-corrected chi connectivity index (χ0v) is 15.0. The Kier molecular flexibility index (Phi) is 6.13. The van der Waals surface area contributed by atoms with Gasteiger partial charge >= 0.3 is 0 Å². The van der Waals surface area contributed by atoms with Gasteiger partial charge in [0.05, 0.1) is 0 Å². The summed E-state index contributed by atoms with van der Waals surface area (Å²) in [6.07, 6.45) is 8.04. The number of hydrogen-bond donors (Lipinski definition) is 1. The van der Waals surface area contributed by atoms with E-state index < -0.39 is 0 Å². The van der Waals surface area contributed by atoms with Crippen molar-refractivity contribution in [2.24, 2.45) is 0 Å². The van der Waals surface area contributed by atoms with Crippen molar-refractivity contribution < 1.29 is 4.79 Å². The van der Waals surface area contributed by atoms with E-state index in [9.17, 15) is 4.79 Å². The van der Waals surface area contributed by atoms with Crippen LogP contribution >= 0.6 is 0 Å². The predicted octanol–water partition coefficient (Wildman–Crippen LogP) is 3.17. The van der Waals surface area contributed by atoms with Gasteiger partial charge in [-0.3, -0.25) is 4.79 Å². The molecule has 2 fully saturated rings. The first-order valence-electron chi connectivity index (χ1n) is 9.53. The first-order valence-corrected chi connectivity index (χ1v) is 9.53. The highest BCUT2D eigenvalue weighted by Crippen LogP contribution is 2.21. The van der Waals surface area contributed by atoms with Gasteiger partial charge in [-0.2, -0.15) is 0 Å². The van der Waals surface area contributed by atoms with Gasteiger partial charge in [0.15, 0.2) is 0 Å². The number of amides is 1. The summed E-state index contributed by atoms with van der Waals surface area (Å²) >= 11 is 0. The van der Waals surface area contributed by atoms with Crippen LogP contribution in [-0.2, 0) is 11.3 Å². The summed E-state index contributed by atoms with van der Waals surface area (Å²) in [7, 11) is 2.19. The summed E-state index contributed by atoms with van der Waals surface area (Å²) in [4.78, 5) is 17.0. The molecule has 0 aromatic heterocycles. The van der Waals surface area contributed by atoms with Gasteiger partial charge < -0.3 is 15.1 Å². The number of piperidine rings is 1. The van der Waals surface area contributed by atoms with Crippen LogP contribution in [0.4, 0.5) is 5.69 Å². The first-order chi connectivity index (χ1) is 11.7. The Balaban J connectivity index is 1.43. The van der Waals surface area contributed by atoms with E-state index in [1.54, 1.807) is 0 Å². The van der Waals surface area contributed by atoms with E-state index >= 15 is 0 Å². The summed E-state index contributed by atoms with van der Waals surface area (Å²) < 4.78 is 0. The third-order valence-electron chi connectivity index (χ3n) is 5.50. The Morgan fingerprint density at radius 2 is 1.96 bits per heavy atom. The van der Waals surface area contributed by atoms with Crippen LogP contribution in [0.2, 0.25) is 0 Å². The zero-order chi connectivity index (χ0) is 16.8. The number of likely N-dealkylation sites (tertiary alicyclic amines) is 1. The van der Waals surface area contributed by atoms with E-state index in [0.29, 0.717) is 19.0 Å². The van der Waals surface area contributed by atoms with Crippen LogP contribution in [0.5, 0.6) is 0 Å². The number of anilines is 1. The van der Waals surface area contributed by atoms with Gasteiger partial charge in [-0.1, -0.05) is 18.6 Å². The van der Waals surface area contributed by atoms with Gasteiger partial charge in [0.2, 0.25) is 5.91 Å². The molecule has 1 amide bonds. The fourth-order valence-electron chi connectivity index (χ4n) is 3.93. The first kappa shape index (κ1) is 17.3. The molecule has 2 saturated heterocycles. The van der Waals surface area contributed by atoms with E-state index in [4.69, 9.17) is 0 Å². The maximum Gasteiger partial charge on any atom is 0.220 e. The average Bonchev–Trinajstić information content (AvgIpc) is 3.14. The van der Waals surface area contributed by atoms with E-state index in [1.807, 2.05) is 0 Å². The Hall–Kier alpha value is -1.55. The number of benzene rings is 1. The SMILES string of the molecule is CN1CCCC[C@@H]1CCC(=O)NCc1cccc(N2CCCC2)c1. The molecule has 0 saturated carbocycles. The number of nitrogens with zero attached hydrogens (tertiary/aromatic N) is 2. The van der Waals surface area contributed by atoms with Crippen LogP contribution in [0, 0.1) is 0 Å². The van der Waals surface area contributed by atoms with Gasteiger partial charge in [0.1, 0.15) is 0 Å². The smallest absolute Gasteiger partial charge is 0.220 e. The lowest BCUT2D eigenvalue weighted by molar-refractivity contribution is -0.121. The van der Waals surface area contributed by atoms with Gasteiger partial charge in [-0.15, -0.1) is 0 Å². The second kappa shape index (κ2) is 8.52. The zero-order valence-electron chi connectivity index (χ0n) is 15.0. The Labute approximate surface area is 146 Å². The second-order valence-corrected chi connectivity index (χ2v) is 7.31. The number of carbonyl (C=O) groups is 1. The number of carbonyl (C=O) groups excluding carboxylic acids is 1. The molecule has 0 aliphatic carbocycles. The summed E-state index contributed by atoms with van der Waals surface area (Å²) in [5.41, 5.74) is 2.49. The van der Waals surface area contributed by atoms with Crippen molar-refractivity contribution in [1.29, 1.82) is 0 Å². The van der Waals surface area contributed by atoms with Crippen molar-refractivity contribution >= 4 is 11.6 Å². The Morgan fingerprint density at radius 3 is 2.75 bits per heavy atom. The molecule has 24 heavy (non-hydrogen) atoms. The van der Waals surface area contributed by atoms with Crippen LogP contribution in [0.15, 0.2) is 24.3 Å². The molecule has 1 aromatic carbocycles. The molecule has 1 atom stereocenters. The lowest BCUT2D eigenvalue weighted by atomic mass is 9.98. The van der Waals surface area contributed by atoms with Crippen molar-refractivity contribution in [3.8, 4) is 0 Å². The lowest BCUT2D eigenvalue weighted by Crippen LogP contribution is -2.37. The number of nitrogens with one attached hydrogen (secondary N) is 1. The normalized spacial score (nSPS) is 21.9. The molecule has 0 radical (unpaired) electrons. The molecule has 4 nitrogen and oxygen atoms in total. The molecule has 1 N–H and O–H groups in total. The molecule has 4 heteroatoms. The van der Waals surface area contributed by atoms with Crippen molar-refractivity contribution in [3.63, 3.8) is 0 Å². The third kappa shape index (κ3) is 4.73. The highest BCUT2D eigenvalue weighted by Gasteiger charge is 2.19. The highest BCUT2D eigenvalue weighted by atomic mass is 16.1. The van der Waals surface area contributed by atoms with E-state index in [-0.39, 0.29) is 5.91 Å². The topological polar surface area (TPSA) is 35.6 Å². The molecule has 2 heterocycles. The number of rotatable bonds is 6. The quantitative estimate of drug-likeness (QED) is 0.871. The van der Waals surface area contributed by atoms with Crippen molar-refractivity contribution in [1.82, 2.24) is 10.2 Å². The van der Waals surface area contributed by atoms with Gasteiger partial charge in [-0.25, -0.2) is 0 Å². The molecule has 2 aliphatic rings. The van der Waals surface area contributed by atoms with Gasteiger partial charge in [0.25, 0.3) is 0 Å². The molecule has 1 aromatic rings. The fourth-order valence-corrected chi connectivity index (χ4v) is 3.93. The van der Waals surface area contributed by atoms with Crippen molar-refractivity contribution in [3.05, 3.63) is 29.8 Å². The molecule has 132 valence electrons. The van der Waals surface area contributed by atoms with E-state index in [0.717, 1.165) is 19.5 Å². The van der Waals surface area contributed by atoms with Crippen molar-refractivity contribution in [2.75, 3.05) is 31.6 Å². The van der Waals surface area contributed by atoms with Crippen molar-refractivity contribution in [2.45, 2.75) is 57.5 Å². The predicted molar refractivity (Wildman–Crippen MR) is 99.2 cm³/mol. The maximum atomic E-state index is 12.2. The van der Waals surface area contributed by atoms with Crippen LogP contribution in [-0.4, -0.2) is 43.5 Å². The molecule has 0 unspecified atom stereocenters. The third-order valence-corrected chi connectivity index (χ3v) is 5.50. The second-order valence-electron chi connectivity index (χ2n) is 7.31. The van der Waals surface area contributed by atoms with E-state index in [2.05, 4.69) is 46.4 Å². The standard InChI is InChI=1S/C20H31N3O/c1-22-12-3-2-8-18(22)10-11-20(24)21-16-17-7-6-9-19(15-17)23-13-4-5-14-23/h6-7,9,15,18H,2-5,8,10-14,16H2,1H3,(H,21,24)/t18-/m1/s1. The minimum atomic E-state index is 0.181.